The molecule has 4 heterocycles. The minimum Gasteiger partial charge on any atom is -0.377 e. The Morgan fingerprint density at radius 2 is 1.97 bits per heavy atom. The molecule has 6 rings (SSSR count). The molecule has 31 heavy (non-hydrogen) atoms. The first kappa shape index (κ1) is 19.0. The van der Waals surface area contributed by atoms with Crippen LogP contribution in [0.25, 0.3) is 22.4 Å². The maximum atomic E-state index is 12.4. The van der Waals surface area contributed by atoms with E-state index in [4.69, 9.17) is 14.2 Å². The molecule has 1 aliphatic carbocycles. The van der Waals surface area contributed by atoms with Crippen LogP contribution in [0.3, 0.4) is 0 Å². The Labute approximate surface area is 180 Å². The van der Waals surface area contributed by atoms with Crippen LogP contribution in [0.5, 0.6) is 0 Å². The van der Waals surface area contributed by atoms with Gasteiger partial charge in [-0.1, -0.05) is 32.0 Å². The number of hydrogen-bond acceptors (Lipinski definition) is 6. The summed E-state index contributed by atoms with van der Waals surface area (Å²) in [6.07, 6.45) is 3.93. The second-order valence-corrected chi connectivity index (χ2v) is 10.5. The van der Waals surface area contributed by atoms with E-state index in [-0.39, 0.29) is 16.7 Å². The van der Waals surface area contributed by atoms with E-state index in [1.165, 1.54) is 0 Å². The fourth-order valence-electron chi connectivity index (χ4n) is 5.15. The van der Waals surface area contributed by atoms with Gasteiger partial charge in [0.05, 0.1) is 31.0 Å². The highest BCUT2D eigenvalue weighted by atomic mass is 16.5. The summed E-state index contributed by atoms with van der Waals surface area (Å²) in [6, 6.07) is 6.42. The van der Waals surface area contributed by atoms with Gasteiger partial charge in [0.2, 0.25) is 5.91 Å². The third kappa shape index (κ3) is 2.99. The predicted octanol–water partition coefficient (Wildman–Crippen LogP) is 3.41. The van der Waals surface area contributed by atoms with Gasteiger partial charge >= 0.3 is 0 Å². The van der Waals surface area contributed by atoms with Crippen LogP contribution in [0.2, 0.25) is 0 Å². The third-order valence-corrected chi connectivity index (χ3v) is 6.96. The number of fused-ring (bicyclic) bond motifs is 1. The number of aromatic nitrogens is 4. The number of benzene rings is 1. The molecule has 0 atom stereocenters. The summed E-state index contributed by atoms with van der Waals surface area (Å²) < 4.78 is 13.0. The Balaban J connectivity index is 1.15. The largest absolute Gasteiger partial charge is 0.377 e. The van der Waals surface area contributed by atoms with Crippen molar-refractivity contribution in [3.8, 4) is 11.5 Å². The Hall–Kier alpha value is -2.74. The van der Waals surface area contributed by atoms with Crippen LogP contribution < -0.4 is 0 Å². The molecule has 1 amide bonds. The van der Waals surface area contributed by atoms with E-state index in [1.807, 2.05) is 48.7 Å². The highest BCUT2D eigenvalue weighted by Gasteiger charge is 2.55. The second kappa shape index (κ2) is 6.38. The van der Waals surface area contributed by atoms with Gasteiger partial charge in [-0.25, -0.2) is 0 Å². The number of likely N-dealkylation sites (tertiary alicyclic amines) is 1. The summed E-state index contributed by atoms with van der Waals surface area (Å²) in [4.78, 5) is 19.1. The van der Waals surface area contributed by atoms with Gasteiger partial charge in [0.15, 0.2) is 5.82 Å². The van der Waals surface area contributed by atoms with Crippen molar-refractivity contribution in [2.24, 2.45) is 10.8 Å². The fraction of sp³-hybridized carbons (Fsp3) is 0.565. The number of hydrogen-bond donors (Lipinski definition) is 0. The zero-order valence-electron chi connectivity index (χ0n) is 18.2. The van der Waals surface area contributed by atoms with Gasteiger partial charge in [-0.15, -0.1) is 0 Å². The lowest BCUT2D eigenvalue weighted by molar-refractivity contribution is -0.160. The summed E-state index contributed by atoms with van der Waals surface area (Å²) in [6.45, 7) is 9.06. The van der Waals surface area contributed by atoms with E-state index >= 15 is 0 Å². The Kier molecular flexibility index (Phi) is 3.91. The number of ether oxygens (including phenoxy) is 1. The van der Waals surface area contributed by atoms with E-state index in [0.29, 0.717) is 31.1 Å². The van der Waals surface area contributed by atoms with Crippen molar-refractivity contribution in [2.75, 3.05) is 26.3 Å². The van der Waals surface area contributed by atoms with Crippen molar-refractivity contribution >= 4 is 16.8 Å². The summed E-state index contributed by atoms with van der Waals surface area (Å²) in [5.41, 5.74) is 1.91. The maximum absolute atomic E-state index is 12.4. The number of nitrogens with zero attached hydrogens (tertiary/aromatic N) is 5. The Morgan fingerprint density at radius 1 is 1.19 bits per heavy atom. The Bertz CT molecular complexity index is 1160. The highest BCUT2D eigenvalue weighted by Crippen LogP contribution is 2.56. The van der Waals surface area contributed by atoms with E-state index in [0.717, 1.165) is 48.2 Å². The van der Waals surface area contributed by atoms with Gasteiger partial charge in [-0.2, -0.15) is 10.1 Å². The molecule has 2 aromatic heterocycles. The zero-order chi connectivity index (χ0) is 21.4. The van der Waals surface area contributed by atoms with Crippen LogP contribution in [0.4, 0.5) is 0 Å². The van der Waals surface area contributed by atoms with Gasteiger partial charge in [0.1, 0.15) is 0 Å². The molecule has 8 nitrogen and oxygen atoms in total. The molecule has 8 heteroatoms. The van der Waals surface area contributed by atoms with Crippen molar-refractivity contribution in [1.82, 2.24) is 24.8 Å². The predicted molar refractivity (Wildman–Crippen MR) is 113 cm³/mol. The molecule has 0 unspecified atom stereocenters. The lowest BCUT2D eigenvalue weighted by atomic mass is 9.57. The molecule has 3 aromatic rings. The van der Waals surface area contributed by atoms with E-state index < -0.39 is 0 Å². The van der Waals surface area contributed by atoms with Gasteiger partial charge in [0, 0.05) is 40.8 Å². The number of amides is 1. The molecule has 2 saturated heterocycles. The molecule has 2 aliphatic heterocycles. The summed E-state index contributed by atoms with van der Waals surface area (Å²) >= 11 is 0. The van der Waals surface area contributed by atoms with Crippen molar-refractivity contribution < 1.29 is 14.1 Å². The number of carbonyl (C=O) groups excluding carboxylic acids is 1. The number of rotatable bonds is 3. The van der Waals surface area contributed by atoms with E-state index in [2.05, 4.69) is 16.3 Å². The van der Waals surface area contributed by atoms with E-state index in [9.17, 15) is 4.79 Å². The van der Waals surface area contributed by atoms with E-state index in [1.54, 1.807) is 0 Å². The molecule has 162 valence electrons. The van der Waals surface area contributed by atoms with Gasteiger partial charge in [0.25, 0.3) is 5.89 Å². The molecule has 3 aliphatic rings. The molecule has 1 saturated carbocycles. The summed E-state index contributed by atoms with van der Waals surface area (Å²) in [5, 5.41) is 9.88. The maximum Gasteiger partial charge on any atom is 0.258 e. The van der Waals surface area contributed by atoms with Crippen LogP contribution in [0, 0.1) is 10.8 Å². The standard InChI is InChI=1S/C23H27N5O3/c1-22(2,3)21(29)27-12-23(13-27)7-16(8-23)19-25-20(31-26-19)14-4-5-15-9-24-28(18(15)6-14)17-10-30-11-17/h4-6,9,16-17H,7-8,10-13H2,1-3H3. The first-order valence-electron chi connectivity index (χ1n) is 11.0. The molecule has 1 aromatic carbocycles. The fourth-order valence-corrected chi connectivity index (χ4v) is 5.15. The van der Waals surface area contributed by atoms with Gasteiger partial charge in [-0.3, -0.25) is 9.48 Å². The lowest BCUT2D eigenvalue weighted by Gasteiger charge is -2.59. The van der Waals surface area contributed by atoms with Crippen molar-refractivity contribution in [2.45, 2.75) is 45.6 Å². The van der Waals surface area contributed by atoms with Crippen LogP contribution in [-0.4, -0.2) is 57.0 Å². The SMILES string of the molecule is CC(C)(C)C(=O)N1CC2(CC(c3noc(-c4ccc5cnn(C6COC6)c5c4)n3)C2)C1. The molecular weight excluding hydrogens is 394 g/mol. The molecule has 3 fully saturated rings. The van der Waals surface area contributed by atoms with Gasteiger partial charge < -0.3 is 14.2 Å². The quantitative estimate of drug-likeness (QED) is 0.644. The normalized spacial score (nSPS) is 21.2. The summed E-state index contributed by atoms with van der Waals surface area (Å²) in [5.74, 6) is 1.88. The molecule has 0 N–H and O–H groups in total. The average Bonchev–Trinajstić information content (AvgIpc) is 3.24. The van der Waals surface area contributed by atoms with Crippen LogP contribution in [-0.2, 0) is 9.53 Å². The topological polar surface area (TPSA) is 86.3 Å². The van der Waals surface area contributed by atoms with Crippen molar-refractivity contribution in [1.29, 1.82) is 0 Å². The first-order chi connectivity index (χ1) is 14.8. The third-order valence-electron chi connectivity index (χ3n) is 6.96. The molecular formula is C23H27N5O3. The smallest absolute Gasteiger partial charge is 0.258 e. The monoisotopic (exact) mass is 421 g/mol. The molecule has 1 spiro atoms. The van der Waals surface area contributed by atoms with Crippen molar-refractivity contribution in [3.63, 3.8) is 0 Å². The second-order valence-electron chi connectivity index (χ2n) is 10.5. The van der Waals surface area contributed by atoms with Crippen LogP contribution >= 0.6 is 0 Å². The van der Waals surface area contributed by atoms with Gasteiger partial charge in [-0.05, 0) is 25.0 Å². The van der Waals surface area contributed by atoms with Crippen molar-refractivity contribution in [3.05, 3.63) is 30.2 Å². The zero-order valence-corrected chi connectivity index (χ0v) is 18.2. The first-order valence-corrected chi connectivity index (χ1v) is 11.0. The van der Waals surface area contributed by atoms with Crippen LogP contribution in [0.1, 0.15) is 51.4 Å². The minimum atomic E-state index is -0.310. The Morgan fingerprint density at radius 3 is 2.65 bits per heavy atom. The summed E-state index contributed by atoms with van der Waals surface area (Å²) in [7, 11) is 0. The average molecular weight is 422 g/mol. The highest BCUT2D eigenvalue weighted by molar-refractivity contribution is 5.83. The lowest BCUT2D eigenvalue weighted by Crippen LogP contribution is -2.64. The number of carbonyl (C=O) groups is 1. The minimum absolute atomic E-state index is 0.242. The molecule has 0 radical (unpaired) electrons. The molecule has 0 bridgehead atoms. The van der Waals surface area contributed by atoms with Crippen LogP contribution in [0.15, 0.2) is 28.9 Å².